The Bertz CT molecular complexity index is 984. The molecular formula is C20H23N3O5. The summed E-state index contributed by atoms with van der Waals surface area (Å²) in [6, 6.07) is 5.00. The highest BCUT2D eigenvalue weighted by atomic mass is 16.5. The third-order valence-electron chi connectivity index (χ3n) is 5.39. The van der Waals surface area contributed by atoms with Gasteiger partial charge in [-0.15, -0.1) is 0 Å². The van der Waals surface area contributed by atoms with Crippen molar-refractivity contribution in [1.29, 1.82) is 0 Å². The lowest BCUT2D eigenvalue weighted by atomic mass is 10.1. The third-order valence-corrected chi connectivity index (χ3v) is 5.39. The third kappa shape index (κ3) is 3.64. The van der Waals surface area contributed by atoms with E-state index in [0.717, 1.165) is 31.5 Å². The lowest BCUT2D eigenvalue weighted by Crippen LogP contribution is -2.46. The Hall–Kier alpha value is -2.74. The lowest BCUT2D eigenvalue weighted by molar-refractivity contribution is -0.141. The van der Waals surface area contributed by atoms with Crippen LogP contribution in [0.5, 0.6) is 0 Å². The molecule has 2 aliphatic heterocycles. The fourth-order valence-corrected chi connectivity index (χ4v) is 3.96. The number of rotatable bonds is 3. The minimum Gasteiger partial charge on any atom is -0.481 e. The number of fused-ring (bicyclic) bond motifs is 2. The van der Waals surface area contributed by atoms with Crippen molar-refractivity contribution in [2.75, 3.05) is 19.7 Å². The second-order valence-corrected chi connectivity index (χ2v) is 7.37. The molecule has 0 radical (unpaired) electrons. The maximum Gasteiger partial charge on any atom is 0.306 e. The van der Waals surface area contributed by atoms with Crippen LogP contribution in [0.4, 0.5) is 0 Å². The van der Waals surface area contributed by atoms with Gasteiger partial charge in [0.1, 0.15) is 5.82 Å². The average molecular weight is 385 g/mol. The Morgan fingerprint density at radius 3 is 2.89 bits per heavy atom. The standard InChI is InChI=1S/C20H23N3O5/c24-18(25)11-14-12-22(8-9-28-14)19(26)13-5-6-15-16(10-13)21-17-4-2-1-3-7-23(17)20(15)27/h5-6,10,14H,1-4,7-9,11-12H2,(H,24,25). The summed E-state index contributed by atoms with van der Waals surface area (Å²) < 4.78 is 7.19. The molecule has 1 N–H and O–H groups in total. The number of aliphatic carboxylic acids is 1. The van der Waals surface area contributed by atoms with Gasteiger partial charge in [-0.1, -0.05) is 6.42 Å². The van der Waals surface area contributed by atoms with Gasteiger partial charge in [-0.05, 0) is 31.0 Å². The molecular weight excluding hydrogens is 362 g/mol. The molecule has 0 spiro atoms. The molecule has 1 amide bonds. The molecule has 8 nitrogen and oxygen atoms in total. The van der Waals surface area contributed by atoms with Crippen molar-refractivity contribution in [3.8, 4) is 0 Å². The van der Waals surface area contributed by atoms with Gasteiger partial charge in [0.2, 0.25) is 0 Å². The topological polar surface area (TPSA) is 102 Å². The van der Waals surface area contributed by atoms with Crippen LogP contribution in [-0.4, -0.2) is 57.2 Å². The maximum absolute atomic E-state index is 12.9. The first-order chi connectivity index (χ1) is 13.5. The summed E-state index contributed by atoms with van der Waals surface area (Å²) in [6.07, 6.45) is 3.20. The summed E-state index contributed by atoms with van der Waals surface area (Å²) in [5.74, 6) is -0.361. The molecule has 1 unspecified atom stereocenters. The number of carboxylic acids is 1. The van der Waals surface area contributed by atoms with Gasteiger partial charge in [0.25, 0.3) is 11.5 Å². The fourth-order valence-electron chi connectivity index (χ4n) is 3.96. The van der Waals surface area contributed by atoms with Gasteiger partial charge in [-0.3, -0.25) is 19.0 Å². The van der Waals surface area contributed by atoms with Crippen molar-refractivity contribution in [1.82, 2.24) is 14.5 Å². The van der Waals surface area contributed by atoms with Crippen molar-refractivity contribution in [2.24, 2.45) is 0 Å². The van der Waals surface area contributed by atoms with E-state index in [-0.39, 0.29) is 24.4 Å². The lowest BCUT2D eigenvalue weighted by Gasteiger charge is -2.32. The molecule has 1 aromatic carbocycles. The summed E-state index contributed by atoms with van der Waals surface area (Å²) in [5, 5.41) is 9.47. The quantitative estimate of drug-likeness (QED) is 0.858. The van der Waals surface area contributed by atoms with Crippen molar-refractivity contribution in [3.05, 3.63) is 39.9 Å². The number of carboxylic acid groups (broad SMARTS) is 1. The molecule has 8 heteroatoms. The predicted octanol–water partition coefficient (Wildman–Crippen LogP) is 1.44. The Labute approximate surface area is 161 Å². The molecule has 1 fully saturated rings. The number of benzene rings is 1. The normalized spacial score (nSPS) is 19.9. The number of aryl methyl sites for hydroxylation is 1. The number of nitrogens with zero attached hydrogens (tertiary/aromatic N) is 3. The van der Waals surface area contributed by atoms with Crippen LogP contribution in [0.3, 0.4) is 0 Å². The minimum absolute atomic E-state index is 0.0474. The highest BCUT2D eigenvalue weighted by Crippen LogP contribution is 2.18. The van der Waals surface area contributed by atoms with Gasteiger partial charge < -0.3 is 14.7 Å². The minimum atomic E-state index is -0.949. The number of morpholine rings is 1. The zero-order valence-corrected chi connectivity index (χ0v) is 15.6. The van der Waals surface area contributed by atoms with E-state index >= 15 is 0 Å². The van der Waals surface area contributed by atoms with Gasteiger partial charge in [-0.2, -0.15) is 0 Å². The van der Waals surface area contributed by atoms with E-state index in [9.17, 15) is 14.4 Å². The summed E-state index contributed by atoms with van der Waals surface area (Å²) in [5.41, 5.74) is 0.946. The monoisotopic (exact) mass is 385 g/mol. The Morgan fingerprint density at radius 1 is 1.21 bits per heavy atom. The van der Waals surface area contributed by atoms with Crippen molar-refractivity contribution < 1.29 is 19.4 Å². The van der Waals surface area contributed by atoms with Gasteiger partial charge in [-0.25, -0.2) is 4.98 Å². The highest BCUT2D eigenvalue weighted by molar-refractivity contribution is 5.97. The molecule has 1 aromatic heterocycles. The summed E-state index contributed by atoms with van der Waals surface area (Å²) in [6.45, 7) is 1.65. The molecule has 4 rings (SSSR count). The molecule has 1 saturated heterocycles. The predicted molar refractivity (Wildman–Crippen MR) is 101 cm³/mol. The van der Waals surface area contributed by atoms with Gasteiger partial charge >= 0.3 is 5.97 Å². The highest BCUT2D eigenvalue weighted by Gasteiger charge is 2.27. The second kappa shape index (κ2) is 7.71. The van der Waals surface area contributed by atoms with Crippen LogP contribution in [0.25, 0.3) is 10.9 Å². The number of ether oxygens (including phenoxy) is 1. The van der Waals surface area contributed by atoms with Crippen LogP contribution in [0.1, 0.15) is 41.9 Å². The SMILES string of the molecule is O=C(O)CC1CN(C(=O)c2ccc3c(=O)n4c(nc3c2)CCCCC4)CCO1. The molecule has 0 aliphatic carbocycles. The number of amides is 1. The van der Waals surface area contributed by atoms with Crippen LogP contribution in [0, 0.1) is 0 Å². The van der Waals surface area contributed by atoms with Gasteiger partial charge in [0.05, 0.1) is 30.0 Å². The van der Waals surface area contributed by atoms with Crippen LogP contribution in [0.2, 0.25) is 0 Å². The van der Waals surface area contributed by atoms with Crippen LogP contribution in [-0.2, 0) is 22.5 Å². The molecule has 2 aliphatic rings. The zero-order valence-electron chi connectivity index (χ0n) is 15.6. The van der Waals surface area contributed by atoms with Gasteiger partial charge in [0, 0.05) is 31.6 Å². The van der Waals surface area contributed by atoms with Gasteiger partial charge in [0.15, 0.2) is 0 Å². The number of carbonyl (C=O) groups excluding carboxylic acids is 1. The first-order valence-electron chi connectivity index (χ1n) is 9.69. The zero-order chi connectivity index (χ0) is 19.7. The van der Waals surface area contributed by atoms with Crippen molar-refractivity contribution >= 4 is 22.8 Å². The first kappa shape index (κ1) is 18.6. The number of carbonyl (C=O) groups is 2. The summed E-state index contributed by atoms with van der Waals surface area (Å²) >= 11 is 0. The number of aromatic nitrogens is 2. The van der Waals surface area contributed by atoms with Crippen LogP contribution < -0.4 is 5.56 Å². The van der Waals surface area contributed by atoms with E-state index in [2.05, 4.69) is 4.98 Å². The van der Waals surface area contributed by atoms with Crippen LogP contribution in [0.15, 0.2) is 23.0 Å². The largest absolute Gasteiger partial charge is 0.481 e. The Morgan fingerprint density at radius 2 is 2.07 bits per heavy atom. The van der Waals surface area contributed by atoms with E-state index in [4.69, 9.17) is 9.84 Å². The number of hydrogen-bond acceptors (Lipinski definition) is 5. The molecule has 28 heavy (non-hydrogen) atoms. The maximum atomic E-state index is 12.9. The first-order valence-corrected chi connectivity index (χ1v) is 9.69. The van der Waals surface area contributed by atoms with E-state index in [0.29, 0.717) is 36.2 Å². The Kier molecular flexibility index (Phi) is 5.13. The average Bonchev–Trinajstić information content (AvgIpc) is 2.92. The molecule has 3 heterocycles. The summed E-state index contributed by atoms with van der Waals surface area (Å²) in [4.78, 5) is 42.9. The number of hydrogen-bond donors (Lipinski definition) is 1. The molecule has 0 bridgehead atoms. The fraction of sp³-hybridized carbons (Fsp3) is 0.500. The van der Waals surface area contributed by atoms with E-state index in [1.807, 2.05) is 0 Å². The smallest absolute Gasteiger partial charge is 0.306 e. The molecule has 148 valence electrons. The van der Waals surface area contributed by atoms with E-state index in [1.54, 1.807) is 27.7 Å². The summed E-state index contributed by atoms with van der Waals surface area (Å²) in [7, 11) is 0. The molecule has 1 atom stereocenters. The Balaban J connectivity index is 1.63. The molecule has 0 saturated carbocycles. The van der Waals surface area contributed by atoms with E-state index < -0.39 is 12.1 Å². The van der Waals surface area contributed by atoms with E-state index in [1.165, 1.54) is 0 Å². The van der Waals surface area contributed by atoms with Crippen LogP contribution >= 0.6 is 0 Å². The second-order valence-electron chi connectivity index (χ2n) is 7.37. The van der Waals surface area contributed by atoms with Crippen molar-refractivity contribution in [2.45, 2.75) is 44.8 Å². The van der Waals surface area contributed by atoms with Crippen molar-refractivity contribution in [3.63, 3.8) is 0 Å². The molecule has 2 aromatic rings.